The normalized spacial score (nSPS) is 11.7. The van der Waals surface area contributed by atoms with Gasteiger partial charge in [-0.15, -0.1) is 0 Å². The third-order valence-electron chi connectivity index (χ3n) is 4.80. The third kappa shape index (κ3) is 3.34. The molecule has 0 N–H and O–H groups in total. The second kappa shape index (κ2) is 7.37. The summed E-state index contributed by atoms with van der Waals surface area (Å²) in [6, 6.07) is 14.9. The van der Waals surface area contributed by atoms with Crippen molar-refractivity contribution in [2.45, 2.75) is 13.1 Å². The summed E-state index contributed by atoms with van der Waals surface area (Å²) in [5.41, 5.74) is 1.59. The molecule has 0 aliphatic rings. The minimum atomic E-state index is -4.60. The Bertz CT molecular complexity index is 1220. The molecule has 8 heteroatoms. The van der Waals surface area contributed by atoms with Crippen molar-refractivity contribution < 1.29 is 22.6 Å². The first kappa shape index (κ1) is 19.8. The molecule has 0 aliphatic carbocycles. The zero-order chi connectivity index (χ0) is 21.5. The fourth-order valence-electron chi connectivity index (χ4n) is 3.41. The molecule has 0 aliphatic heterocycles. The summed E-state index contributed by atoms with van der Waals surface area (Å²) in [6.07, 6.45) is -4.60. The number of alkyl halides is 3. The highest BCUT2D eigenvalue weighted by molar-refractivity contribution is 5.82. The molecular formula is C22H18F3N3O2. The van der Waals surface area contributed by atoms with Crippen LogP contribution in [0.5, 0.6) is 11.5 Å². The van der Waals surface area contributed by atoms with Crippen molar-refractivity contribution in [3.05, 3.63) is 66.0 Å². The number of rotatable bonds is 4. The second-order valence-electron chi connectivity index (χ2n) is 6.66. The summed E-state index contributed by atoms with van der Waals surface area (Å²) in [7, 11) is 3.01. The summed E-state index contributed by atoms with van der Waals surface area (Å²) in [5.74, 6) is 0.980. The summed E-state index contributed by atoms with van der Waals surface area (Å²) in [4.78, 5) is 4.54. The number of ether oxygens (including phenoxy) is 2. The molecule has 0 amide bonds. The van der Waals surface area contributed by atoms with E-state index < -0.39 is 11.9 Å². The molecular weight excluding hydrogens is 395 g/mol. The number of methoxy groups -OCH3 is 2. The van der Waals surface area contributed by atoms with Crippen molar-refractivity contribution in [3.8, 4) is 33.9 Å². The van der Waals surface area contributed by atoms with Crippen LogP contribution in [-0.4, -0.2) is 28.8 Å². The van der Waals surface area contributed by atoms with E-state index in [1.165, 1.54) is 14.2 Å². The molecule has 0 bridgehead atoms. The van der Waals surface area contributed by atoms with Crippen LogP contribution in [0.4, 0.5) is 13.2 Å². The fourth-order valence-corrected chi connectivity index (χ4v) is 3.41. The molecule has 4 aromatic rings. The van der Waals surface area contributed by atoms with Gasteiger partial charge in [-0.1, -0.05) is 36.4 Å². The summed E-state index contributed by atoms with van der Waals surface area (Å²) < 4.78 is 53.0. The van der Waals surface area contributed by atoms with Crippen molar-refractivity contribution in [1.82, 2.24) is 14.6 Å². The highest BCUT2D eigenvalue weighted by Gasteiger charge is 2.36. The van der Waals surface area contributed by atoms with Crippen molar-refractivity contribution in [3.63, 3.8) is 0 Å². The van der Waals surface area contributed by atoms with E-state index in [0.717, 1.165) is 10.6 Å². The van der Waals surface area contributed by atoms with Gasteiger partial charge in [-0.05, 0) is 30.7 Å². The Morgan fingerprint density at radius 2 is 1.57 bits per heavy atom. The van der Waals surface area contributed by atoms with Gasteiger partial charge in [-0.3, -0.25) is 0 Å². The lowest BCUT2D eigenvalue weighted by molar-refractivity contribution is -0.142. The molecule has 0 radical (unpaired) electrons. The van der Waals surface area contributed by atoms with Gasteiger partial charge in [0.05, 0.1) is 25.6 Å². The zero-order valence-electron chi connectivity index (χ0n) is 16.5. The molecule has 2 aromatic carbocycles. The Kier molecular flexibility index (Phi) is 4.85. The molecule has 0 saturated carbocycles. The Balaban J connectivity index is 2.03. The minimum absolute atomic E-state index is 0.119. The van der Waals surface area contributed by atoms with Crippen LogP contribution in [0.3, 0.4) is 0 Å². The highest BCUT2D eigenvalue weighted by atomic mass is 19.4. The molecule has 2 heterocycles. The van der Waals surface area contributed by atoms with E-state index >= 15 is 0 Å². The Labute approximate surface area is 170 Å². The average molecular weight is 413 g/mol. The van der Waals surface area contributed by atoms with E-state index in [1.807, 2.05) is 0 Å². The molecule has 2 aromatic heterocycles. The van der Waals surface area contributed by atoms with Gasteiger partial charge < -0.3 is 9.47 Å². The van der Waals surface area contributed by atoms with Gasteiger partial charge in [-0.25, -0.2) is 9.50 Å². The van der Waals surface area contributed by atoms with E-state index in [1.54, 1.807) is 55.5 Å². The first-order chi connectivity index (χ1) is 14.3. The third-order valence-corrected chi connectivity index (χ3v) is 4.80. The lowest BCUT2D eigenvalue weighted by atomic mass is 10.0. The van der Waals surface area contributed by atoms with Crippen LogP contribution in [0.2, 0.25) is 0 Å². The summed E-state index contributed by atoms with van der Waals surface area (Å²) in [5, 5.41) is 4.15. The van der Waals surface area contributed by atoms with E-state index in [-0.39, 0.29) is 11.3 Å². The van der Waals surface area contributed by atoms with E-state index in [2.05, 4.69) is 10.1 Å². The van der Waals surface area contributed by atoms with Gasteiger partial charge in [-0.2, -0.15) is 18.3 Å². The first-order valence-electron chi connectivity index (χ1n) is 9.09. The van der Waals surface area contributed by atoms with Gasteiger partial charge in [0.2, 0.25) is 0 Å². The lowest BCUT2D eigenvalue weighted by Crippen LogP contribution is -2.13. The van der Waals surface area contributed by atoms with Gasteiger partial charge in [0.25, 0.3) is 0 Å². The lowest BCUT2D eigenvalue weighted by Gasteiger charge is -2.12. The number of aromatic nitrogens is 3. The molecule has 4 rings (SSSR count). The number of hydrogen-bond donors (Lipinski definition) is 0. The maximum absolute atomic E-state index is 13.8. The van der Waals surface area contributed by atoms with Crippen LogP contribution in [0.15, 0.2) is 54.6 Å². The Hall–Kier alpha value is -3.55. The van der Waals surface area contributed by atoms with E-state index in [4.69, 9.17) is 9.47 Å². The molecule has 0 fully saturated rings. The van der Waals surface area contributed by atoms with Gasteiger partial charge in [0.1, 0.15) is 0 Å². The first-order valence-corrected chi connectivity index (χ1v) is 9.09. The largest absolute Gasteiger partial charge is 0.493 e. The number of hydrogen-bond acceptors (Lipinski definition) is 4. The topological polar surface area (TPSA) is 48.7 Å². The number of fused-ring (bicyclic) bond motifs is 1. The monoisotopic (exact) mass is 413 g/mol. The van der Waals surface area contributed by atoms with E-state index in [9.17, 15) is 13.2 Å². The molecule has 5 nitrogen and oxygen atoms in total. The maximum atomic E-state index is 13.8. The molecule has 0 unspecified atom stereocenters. The van der Waals surface area contributed by atoms with Crippen molar-refractivity contribution in [2.24, 2.45) is 0 Å². The minimum Gasteiger partial charge on any atom is -0.493 e. The van der Waals surface area contributed by atoms with Crippen LogP contribution < -0.4 is 9.47 Å². The van der Waals surface area contributed by atoms with Gasteiger partial charge in [0, 0.05) is 11.1 Å². The average Bonchev–Trinajstić information content (AvgIpc) is 3.07. The number of halogens is 3. The number of aryl methyl sites for hydroxylation is 1. The number of nitrogens with zero attached hydrogens (tertiary/aromatic N) is 3. The van der Waals surface area contributed by atoms with Gasteiger partial charge >= 0.3 is 6.18 Å². The fraction of sp³-hybridized carbons (Fsp3) is 0.182. The number of benzene rings is 2. The SMILES string of the molecule is COc1ccc(-c2c(C)nn3c(C(F)(F)F)cc(-c4ccccc4)nc23)cc1OC. The van der Waals surface area contributed by atoms with Crippen molar-refractivity contribution >= 4 is 5.65 Å². The van der Waals surface area contributed by atoms with Crippen LogP contribution in [0, 0.1) is 6.92 Å². The summed E-state index contributed by atoms with van der Waals surface area (Å²) in [6.45, 7) is 1.66. The van der Waals surface area contributed by atoms with Crippen LogP contribution in [0.25, 0.3) is 28.0 Å². The van der Waals surface area contributed by atoms with Crippen LogP contribution in [-0.2, 0) is 6.18 Å². The Morgan fingerprint density at radius 3 is 2.20 bits per heavy atom. The predicted molar refractivity (Wildman–Crippen MR) is 107 cm³/mol. The zero-order valence-corrected chi connectivity index (χ0v) is 16.5. The standard InChI is InChI=1S/C22H18F3N3O2/c1-13-20(15-9-10-17(29-2)18(11-15)30-3)21-26-16(14-7-5-4-6-8-14)12-19(22(23,24)25)28(21)27-13/h4-12H,1-3H3. The molecule has 154 valence electrons. The van der Waals surface area contributed by atoms with Crippen molar-refractivity contribution in [1.29, 1.82) is 0 Å². The van der Waals surface area contributed by atoms with Crippen LogP contribution >= 0.6 is 0 Å². The predicted octanol–water partition coefficient (Wildman–Crippen LogP) is 5.41. The molecule has 0 saturated heterocycles. The molecule has 0 spiro atoms. The Morgan fingerprint density at radius 1 is 0.867 bits per heavy atom. The smallest absolute Gasteiger partial charge is 0.433 e. The maximum Gasteiger partial charge on any atom is 0.433 e. The highest BCUT2D eigenvalue weighted by Crippen LogP contribution is 2.38. The van der Waals surface area contributed by atoms with Crippen molar-refractivity contribution in [2.75, 3.05) is 14.2 Å². The summed E-state index contributed by atoms with van der Waals surface area (Å²) >= 11 is 0. The van der Waals surface area contributed by atoms with Gasteiger partial charge in [0.15, 0.2) is 22.8 Å². The molecule has 30 heavy (non-hydrogen) atoms. The van der Waals surface area contributed by atoms with Crippen LogP contribution in [0.1, 0.15) is 11.4 Å². The van der Waals surface area contributed by atoms with E-state index in [0.29, 0.717) is 33.9 Å². The molecule has 0 atom stereocenters. The second-order valence-corrected chi connectivity index (χ2v) is 6.66. The quantitative estimate of drug-likeness (QED) is 0.449.